The minimum atomic E-state index is -0.398. The van der Waals surface area contributed by atoms with E-state index in [0.29, 0.717) is 18.7 Å². The maximum absolute atomic E-state index is 13.4. The van der Waals surface area contributed by atoms with Crippen molar-refractivity contribution in [2.75, 3.05) is 13.6 Å². The quantitative estimate of drug-likeness (QED) is 0.912. The molecule has 1 rings (SSSR count). The van der Waals surface area contributed by atoms with Crippen LogP contribution in [0.25, 0.3) is 0 Å². The van der Waals surface area contributed by atoms with Gasteiger partial charge < -0.3 is 5.11 Å². The number of likely N-dealkylation sites (N-methyl/N-ethyl adjacent to an activating group) is 1. The number of aliphatic hydroxyl groups excluding tert-OH is 1. The van der Waals surface area contributed by atoms with Gasteiger partial charge in [-0.25, -0.2) is 4.39 Å². The SMILES string of the molecule is CC(O)CN(C)Cc1cc(Br)ccc1F. The third kappa shape index (κ3) is 4.28. The zero-order valence-corrected chi connectivity index (χ0v) is 10.5. The Morgan fingerprint density at radius 3 is 2.80 bits per heavy atom. The number of rotatable bonds is 4. The summed E-state index contributed by atoms with van der Waals surface area (Å²) in [7, 11) is 1.85. The topological polar surface area (TPSA) is 23.5 Å². The molecule has 0 spiro atoms. The normalized spacial score (nSPS) is 13.2. The Labute approximate surface area is 97.8 Å². The molecule has 0 aliphatic rings. The standard InChI is InChI=1S/C11H15BrFNO/c1-8(15)6-14(2)7-9-5-10(12)3-4-11(9)13/h3-5,8,15H,6-7H2,1-2H3. The molecule has 0 amide bonds. The summed E-state index contributed by atoms with van der Waals surface area (Å²) < 4.78 is 14.2. The molecule has 1 atom stereocenters. The second kappa shape index (κ2) is 5.58. The van der Waals surface area contributed by atoms with E-state index < -0.39 is 6.10 Å². The van der Waals surface area contributed by atoms with Crippen LogP contribution in [-0.2, 0) is 6.54 Å². The van der Waals surface area contributed by atoms with Crippen LogP contribution in [0.5, 0.6) is 0 Å². The number of hydrogen-bond donors (Lipinski definition) is 1. The first-order valence-corrected chi connectivity index (χ1v) is 5.59. The third-order valence-electron chi connectivity index (χ3n) is 2.02. The summed E-state index contributed by atoms with van der Waals surface area (Å²) in [5.41, 5.74) is 0.632. The monoisotopic (exact) mass is 275 g/mol. The Balaban J connectivity index is 2.67. The van der Waals surface area contributed by atoms with E-state index in [9.17, 15) is 9.50 Å². The highest BCUT2D eigenvalue weighted by Crippen LogP contribution is 2.16. The molecule has 0 aliphatic heterocycles. The summed E-state index contributed by atoms with van der Waals surface area (Å²) in [6, 6.07) is 4.87. The first kappa shape index (κ1) is 12.6. The average molecular weight is 276 g/mol. The van der Waals surface area contributed by atoms with Gasteiger partial charge >= 0.3 is 0 Å². The molecule has 1 unspecified atom stereocenters. The molecule has 1 aromatic carbocycles. The number of aliphatic hydroxyl groups is 1. The second-order valence-corrected chi connectivity index (χ2v) is 4.70. The van der Waals surface area contributed by atoms with Crippen molar-refractivity contribution in [1.29, 1.82) is 0 Å². The summed E-state index contributed by atoms with van der Waals surface area (Å²) in [5.74, 6) is -0.212. The van der Waals surface area contributed by atoms with Gasteiger partial charge in [0.25, 0.3) is 0 Å². The average Bonchev–Trinajstić information content (AvgIpc) is 2.10. The van der Waals surface area contributed by atoms with Gasteiger partial charge in [0.1, 0.15) is 5.82 Å². The lowest BCUT2D eigenvalue weighted by Crippen LogP contribution is -2.27. The summed E-state index contributed by atoms with van der Waals surface area (Å²) in [4.78, 5) is 1.88. The van der Waals surface area contributed by atoms with E-state index in [1.165, 1.54) is 6.07 Å². The van der Waals surface area contributed by atoms with E-state index in [1.807, 2.05) is 11.9 Å². The predicted molar refractivity (Wildman–Crippen MR) is 62.1 cm³/mol. The highest BCUT2D eigenvalue weighted by Gasteiger charge is 2.08. The first-order chi connectivity index (χ1) is 6.99. The Bertz CT molecular complexity index is 330. The van der Waals surface area contributed by atoms with E-state index in [4.69, 9.17) is 0 Å². The summed E-state index contributed by atoms with van der Waals surface area (Å²) >= 11 is 3.30. The highest BCUT2D eigenvalue weighted by atomic mass is 79.9. The molecule has 0 radical (unpaired) electrons. The Hall–Kier alpha value is -0.450. The van der Waals surface area contributed by atoms with Gasteiger partial charge in [0, 0.05) is 23.1 Å². The lowest BCUT2D eigenvalue weighted by Gasteiger charge is -2.18. The molecule has 15 heavy (non-hydrogen) atoms. The Morgan fingerprint density at radius 1 is 1.53 bits per heavy atom. The molecule has 1 aromatic rings. The van der Waals surface area contributed by atoms with E-state index >= 15 is 0 Å². The van der Waals surface area contributed by atoms with Crippen molar-refractivity contribution in [2.24, 2.45) is 0 Å². The number of hydrogen-bond acceptors (Lipinski definition) is 2. The molecule has 0 bridgehead atoms. The van der Waals surface area contributed by atoms with Crippen molar-refractivity contribution < 1.29 is 9.50 Å². The molecule has 1 N–H and O–H groups in total. The van der Waals surface area contributed by atoms with Crippen molar-refractivity contribution in [1.82, 2.24) is 4.90 Å². The van der Waals surface area contributed by atoms with Crippen molar-refractivity contribution >= 4 is 15.9 Å². The van der Waals surface area contributed by atoms with E-state index in [2.05, 4.69) is 15.9 Å². The number of benzene rings is 1. The molecule has 0 fully saturated rings. The lowest BCUT2D eigenvalue weighted by atomic mass is 10.2. The molecule has 0 saturated carbocycles. The minimum absolute atomic E-state index is 0.212. The van der Waals surface area contributed by atoms with Gasteiger partial charge in [0.05, 0.1) is 6.10 Å². The zero-order chi connectivity index (χ0) is 11.4. The van der Waals surface area contributed by atoms with Gasteiger partial charge in [-0.05, 0) is 32.2 Å². The van der Waals surface area contributed by atoms with E-state index in [-0.39, 0.29) is 5.82 Å². The lowest BCUT2D eigenvalue weighted by molar-refractivity contribution is 0.137. The molecule has 0 saturated heterocycles. The van der Waals surface area contributed by atoms with Crippen LogP contribution in [0.3, 0.4) is 0 Å². The molecule has 0 aromatic heterocycles. The molecule has 2 nitrogen and oxygen atoms in total. The number of halogens is 2. The zero-order valence-electron chi connectivity index (χ0n) is 8.87. The number of nitrogens with zero attached hydrogens (tertiary/aromatic N) is 1. The fourth-order valence-electron chi connectivity index (χ4n) is 1.47. The predicted octanol–water partition coefficient (Wildman–Crippen LogP) is 2.40. The maximum Gasteiger partial charge on any atom is 0.127 e. The van der Waals surface area contributed by atoms with E-state index in [0.717, 1.165) is 4.47 Å². The molecular formula is C11H15BrFNO. The van der Waals surface area contributed by atoms with Crippen LogP contribution >= 0.6 is 15.9 Å². The summed E-state index contributed by atoms with van der Waals surface area (Å²) in [6.45, 7) is 2.75. The summed E-state index contributed by atoms with van der Waals surface area (Å²) in [5, 5.41) is 9.18. The third-order valence-corrected chi connectivity index (χ3v) is 2.52. The van der Waals surface area contributed by atoms with Gasteiger partial charge in [-0.1, -0.05) is 15.9 Å². The van der Waals surface area contributed by atoms with Crippen LogP contribution in [0.4, 0.5) is 4.39 Å². The van der Waals surface area contributed by atoms with Crippen molar-refractivity contribution in [3.05, 3.63) is 34.1 Å². The molecule has 84 valence electrons. The van der Waals surface area contributed by atoms with Crippen LogP contribution in [0, 0.1) is 5.82 Å². The van der Waals surface area contributed by atoms with Crippen LogP contribution in [0.1, 0.15) is 12.5 Å². The van der Waals surface area contributed by atoms with Crippen LogP contribution in [0.2, 0.25) is 0 Å². The highest BCUT2D eigenvalue weighted by molar-refractivity contribution is 9.10. The van der Waals surface area contributed by atoms with Crippen molar-refractivity contribution in [3.63, 3.8) is 0 Å². The first-order valence-electron chi connectivity index (χ1n) is 4.79. The Morgan fingerprint density at radius 2 is 2.20 bits per heavy atom. The smallest absolute Gasteiger partial charge is 0.127 e. The van der Waals surface area contributed by atoms with Gasteiger partial charge in [-0.3, -0.25) is 4.90 Å². The van der Waals surface area contributed by atoms with Gasteiger partial charge in [0.15, 0.2) is 0 Å². The van der Waals surface area contributed by atoms with Gasteiger partial charge in [-0.15, -0.1) is 0 Å². The molecule has 0 heterocycles. The Kier molecular flexibility index (Phi) is 4.70. The largest absolute Gasteiger partial charge is 0.392 e. The molecule has 0 aliphatic carbocycles. The van der Waals surface area contributed by atoms with Crippen LogP contribution in [0.15, 0.2) is 22.7 Å². The summed E-state index contributed by atoms with van der Waals surface area (Å²) in [6.07, 6.45) is -0.398. The van der Waals surface area contributed by atoms with Crippen LogP contribution in [-0.4, -0.2) is 29.7 Å². The minimum Gasteiger partial charge on any atom is -0.392 e. The van der Waals surface area contributed by atoms with Crippen LogP contribution < -0.4 is 0 Å². The van der Waals surface area contributed by atoms with E-state index in [1.54, 1.807) is 19.1 Å². The molecule has 4 heteroatoms. The fraction of sp³-hybridized carbons (Fsp3) is 0.455. The molecular weight excluding hydrogens is 261 g/mol. The fourth-order valence-corrected chi connectivity index (χ4v) is 1.88. The van der Waals surface area contributed by atoms with Gasteiger partial charge in [-0.2, -0.15) is 0 Å². The maximum atomic E-state index is 13.4. The van der Waals surface area contributed by atoms with Crippen molar-refractivity contribution in [2.45, 2.75) is 19.6 Å². The van der Waals surface area contributed by atoms with Crippen molar-refractivity contribution in [3.8, 4) is 0 Å². The second-order valence-electron chi connectivity index (χ2n) is 3.78. The van der Waals surface area contributed by atoms with Gasteiger partial charge in [0.2, 0.25) is 0 Å².